The third-order valence-electron chi connectivity index (χ3n) is 5.97. The second-order valence-corrected chi connectivity index (χ2v) is 7.65. The van der Waals surface area contributed by atoms with E-state index < -0.39 is 0 Å². The minimum Gasteiger partial charge on any atom is -0.372 e. The van der Waals surface area contributed by atoms with E-state index in [0.717, 1.165) is 38.9 Å². The highest BCUT2D eigenvalue weighted by molar-refractivity contribution is 6.08. The van der Waals surface area contributed by atoms with Crippen LogP contribution < -0.4 is 10.6 Å². The Hall–Kier alpha value is -2.78. The van der Waals surface area contributed by atoms with Crippen LogP contribution in [0.1, 0.15) is 32.3 Å². The molecule has 4 rings (SSSR count). The molecule has 4 aromatic rings. The standard InChI is InChI=1S/C26H31N3/c1-3-29(4-2)21-15-12-20(13-16-21)25-23(11-7-8-18-27)24-17-14-19-9-5-6-10-22(19)26(24)28-25/h5-6,9-10,12-17,28H,3-4,7-8,11,18,27H2,1-2H3. The van der Waals surface area contributed by atoms with Gasteiger partial charge >= 0.3 is 0 Å². The highest BCUT2D eigenvalue weighted by Crippen LogP contribution is 2.35. The highest BCUT2D eigenvalue weighted by Gasteiger charge is 2.15. The molecule has 0 spiro atoms. The summed E-state index contributed by atoms with van der Waals surface area (Å²) in [6.07, 6.45) is 3.21. The van der Waals surface area contributed by atoms with Crippen molar-refractivity contribution in [1.82, 2.24) is 4.98 Å². The molecule has 0 aliphatic carbocycles. The number of aryl methyl sites for hydroxylation is 1. The Bertz CT molecular complexity index is 1090. The number of H-pyrrole nitrogens is 1. The van der Waals surface area contributed by atoms with Crippen LogP contribution in [-0.4, -0.2) is 24.6 Å². The second-order valence-electron chi connectivity index (χ2n) is 7.65. The van der Waals surface area contributed by atoms with Gasteiger partial charge in [-0.2, -0.15) is 0 Å². The van der Waals surface area contributed by atoms with Gasteiger partial charge in [0.05, 0.1) is 5.52 Å². The molecular weight excluding hydrogens is 354 g/mol. The van der Waals surface area contributed by atoms with Crippen molar-refractivity contribution < 1.29 is 0 Å². The average molecular weight is 386 g/mol. The number of aromatic amines is 1. The van der Waals surface area contributed by atoms with Crippen LogP contribution in [0.3, 0.4) is 0 Å². The number of nitrogens with one attached hydrogen (secondary N) is 1. The van der Waals surface area contributed by atoms with E-state index in [-0.39, 0.29) is 0 Å². The van der Waals surface area contributed by atoms with E-state index in [2.05, 4.69) is 84.4 Å². The molecule has 0 bridgehead atoms. The number of unbranched alkanes of at least 4 members (excludes halogenated alkanes) is 1. The summed E-state index contributed by atoms with van der Waals surface area (Å²) >= 11 is 0. The summed E-state index contributed by atoms with van der Waals surface area (Å²) < 4.78 is 0. The van der Waals surface area contributed by atoms with Gasteiger partial charge in [-0.3, -0.25) is 0 Å². The Labute approximate surface area is 173 Å². The summed E-state index contributed by atoms with van der Waals surface area (Å²) in [5.41, 5.74) is 12.2. The number of hydrogen-bond acceptors (Lipinski definition) is 2. The lowest BCUT2D eigenvalue weighted by molar-refractivity contribution is 0.748. The van der Waals surface area contributed by atoms with Gasteiger partial charge in [0.1, 0.15) is 0 Å². The van der Waals surface area contributed by atoms with Gasteiger partial charge in [-0.15, -0.1) is 0 Å². The van der Waals surface area contributed by atoms with E-state index in [0.29, 0.717) is 0 Å². The van der Waals surface area contributed by atoms with Gasteiger partial charge < -0.3 is 15.6 Å². The fourth-order valence-electron chi connectivity index (χ4n) is 4.37. The number of benzene rings is 3. The molecule has 0 aliphatic heterocycles. The molecule has 150 valence electrons. The zero-order valence-electron chi connectivity index (χ0n) is 17.5. The molecule has 29 heavy (non-hydrogen) atoms. The van der Waals surface area contributed by atoms with Gasteiger partial charge in [0.15, 0.2) is 0 Å². The van der Waals surface area contributed by atoms with Crippen LogP contribution in [0.25, 0.3) is 32.9 Å². The van der Waals surface area contributed by atoms with Crippen LogP contribution in [0.2, 0.25) is 0 Å². The number of nitrogens with two attached hydrogens (primary N) is 1. The monoisotopic (exact) mass is 385 g/mol. The van der Waals surface area contributed by atoms with Crippen molar-refractivity contribution in [3.63, 3.8) is 0 Å². The van der Waals surface area contributed by atoms with Gasteiger partial charge in [0, 0.05) is 35.2 Å². The molecule has 3 nitrogen and oxygen atoms in total. The quantitative estimate of drug-likeness (QED) is 0.359. The van der Waals surface area contributed by atoms with Gasteiger partial charge in [0.2, 0.25) is 0 Å². The Morgan fingerprint density at radius 2 is 1.59 bits per heavy atom. The summed E-state index contributed by atoms with van der Waals surface area (Å²) in [4.78, 5) is 6.16. The van der Waals surface area contributed by atoms with Crippen LogP contribution >= 0.6 is 0 Å². The second kappa shape index (κ2) is 8.71. The predicted molar refractivity (Wildman–Crippen MR) is 127 cm³/mol. The van der Waals surface area contributed by atoms with Crippen molar-refractivity contribution in [1.29, 1.82) is 0 Å². The average Bonchev–Trinajstić information content (AvgIpc) is 3.14. The molecule has 0 aliphatic rings. The molecule has 0 radical (unpaired) electrons. The summed E-state index contributed by atoms with van der Waals surface area (Å²) in [6, 6.07) is 22.1. The zero-order valence-corrected chi connectivity index (χ0v) is 17.5. The van der Waals surface area contributed by atoms with Crippen molar-refractivity contribution in [3.05, 3.63) is 66.2 Å². The number of anilines is 1. The minimum atomic E-state index is 0.749. The first-order valence-corrected chi connectivity index (χ1v) is 10.8. The fraction of sp³-hybridized carbons (Fsp3) is 0.308. The summed E-state index contributed by atoms with van der Waals surface area (Å²) in [5.74, 6) is 0. The first-order chi connectivity index (χ1) is 14.3. The van der Waals surface area contributed by atoms with Crippen molar-refractivity contribution in [3.8, 4) is 11.3 Å². The van der Waals surface area contributed by atoms with Gasteiger partial charge in [0.25, 0.3) is 0 Å². The minimum absolute atomic E-state index is 0.749. The molecule has 3 heteroatoms. The normalized spacial score (nSPS) is 11.4. The van der Waals surface area contributed by atoms with E-state index in [1.165, 1.54) is 44.2 Å². The van der Waals surface area contributed by atoms with Crippen LogP contribution in [0.15, 0.2) is 60.7 Å². The Kier molecular flexibility index (Phi) is 5.86. The van der Waals surface area contributed by atoms with Crippen molar-refractivity contribution in [2.75, 3.05) is 24.5 Å². The van der Waals surface area contributed by atoms with Crippen LogP contribution in [0.4, 0.5) is 5.69 Å². The van der Waals surface area contributed by atoms with Gasteiger partial charge in [-0.25, -0.2) is 0 Å². The summed E-state index contributed by atoms with van der Waals surface area (Å²) in [7, 11) is 0. The number of nitrogens with zero attached hydrogens (tertiary/aromatic N) is 1. The first kappa shape index (κ1) is 19.5. The third kappa shape index (κ3) is 3.75. The predicted octanol–water partition coefficient (Wildman–Crippen LogP) is 6.12. The highest BCUT2D eigenvalue weighted by atomic mass is 15.1. The topological polar surface area (TPSA) is 45.0 Å². The lowest BCUT2D eigenvalue weighted by atomic mass is 9.98. The molecule has 3 N–H and O–H groups in total. The SMILES string of the molecule is CCN(CC)c1ccc(-c2[nH]c3c(ccc4ccccc43)c2CCCCN)cc1. The maximum Gasteiger partial charge on any atom is 0.0541 e. The van der Waals surface area contributed by atoms with Crippen molar-refractivity contribution >= 4 is 27.4 Å². The summed E-state index contributed by atoms with van der Waals surface area (Å²) in [5, 5.41) is 3.90. The fourth-order valence-corrected chi connectivity index (χ4v) is 4.37. The van der Waals surface area contributed by atoms with E-state index >= 15 is 0 Å². The third-order valence-corrected chi connectivity index (χ3v) is 5.97. The zero-order chi connectivity index (χ0) is 20.2. The van der Waals surface area contributed by atoms with E-state index in [1.807, 2.05) is 0 Å². The molecule has 0 unspecified atom stereocenters. The van der Waals surface area contributed by atoms with Gasteiger partial charge in [-0.05, 0) is 68.3 Å². The molecule has 1 aromatic heterocycles. The molecule has 0 saturated heterocycles. The number of hydrogen-bond donors (Lipinski definition) is 2. The molecule has 0 amide bonds. The Morgan fingerprint density at radius 3 is 2.31 bits per heavy atom. The number of rotatable bonds is 8. The lowest BCUT2D eigenvalue weighted by Gasteiger charge is -2.21. The van der Waals surface area contributed by atoms with Crippen molar-refractivity contribution in [2.45, 2.75) is 33.1 Å². The van der Waals surface area contributed by atoms with Crippen LogP contribution in [0.5, 0.6) is 0 Å². The van der Waals surface area contributed by atoms with Gasteiger partial charge in [-0.1, -0.05) is 48.5 Å². The maximum atomic E-state index is 5.76. The summed E-state index contributed by atoms with van der Waals surface area (Å²) in [6.45, 7) is 7.21. The van der Waals surface area contributed by atoms with Crippen LogP contribution in [-0.2, 0) is 6.42 Å². The molecule has 0 saturated carbocycles. The maximum absolute atomic E-state index is 5.76. The molecule has 3 aromatic carbocycles. The Morgan fingerprint density at radius 1 is 0.828 bits per heavy atom. The molecule has 1 heterocycles. The van der Waals surface area contributed by atoms with Crippen LogP contribution in [0, 0.1) is 0 Å². The van der Waals surface area contributed by atoms with E-state index in [4.69, 9.17) is 5.73 Å². The largest absolute Gasteiger partial charge is 0.372 e. The Balaban J connectivity index is 1.83. The lowest BCUT2D eigenvalue weighted by Crippen LogP contribution is -2.21. The number of fused-ring (bicyclic) bond motifs is 3. The molecule has 0 atom stereocenters. The number of aromatic nitrogens is 1. The van der Waals surface area contributed by atoms with E-state index in [9.17, 15) is 0 Å². The first-order valence-electron chi connectivity index (χ1n) is 10.8. The molecular formula is C26H31N3. The van der Waals surface area contributed by atoms with E-state index in [1.54, 1.807) is 0 Å². The van der Waals surface area contributed by atoms with Crippen molar-refractivity contribution in [2.24, 2.45) is 5.73 Å². The smallest absolute Gasteiger partial charge is 0.0541 e. The molecule has 0 fully saturated rings.